The van der Waals surface area contributed by atoms with Crippen molar-refractivity contribution in [3.05, 3.63) is 35.1 Å². The number of hydrogen-bond donors (Lipinski definition) is 0. The molecule has 0 aromatic carbocycles. The fourth-order valence-corrected chi connectivity index (χ4v) is 2.55. The van der Waals surface area contributed by atoms with Crippen LogP contribution in [0.3, 0.4) is 0 Å². The third-order valence-corrected chi connectivity index (χ3v) is 3.60. The topological polar surface area (TPSA) is 25.2 Å². The van der Waals surface area contributed by atoms with Crippen LogP contribution in [0.5, 0.6) is 0 Å². The van der Waals surface area contributed by atoms with Gasteiger partial charge in [-0.15, -0.1) is 6.58 Å². The summed E-state index contributed by atoms with van der Waals surface area (Å²) in [4.78, 5) is 14.5. The van der Waals surface area contributed by atoms with Crippen LogP contribution >= 0.6 is 15.9 Å². The van der Waals surface area contributed by atoms with E-state index in [0.717, 1.165) is 23.0 Å². The van der Waals surface area contributed by atoms with Crippen LogP contribution in [0.4, 0.5) is 0 Å². The van der Waals surface area contributed by atoms with E-state index in [-0.39, 0.29) is 11.9 Å². The molecule has 3 nitrogen and oxygen atoms in total. The van der Waals surface area contributed by atoms with Crippen molar-refractivity contribution in [3.63, 3.8) is 0 Å². The fourth-order valence-electron chi connectivity index (χ4n) is 2.11. The van der Waals surface area contributed by atoms with Crippen molar-refractivity contribution >= 4 is 21.8 Å². The first-order chi connectivity index (χ1) is 8.54. The number of aromatic nitrogens is 1. The Bertz CT molecular complexity index is 460. The molecule has 1 amide bonds. The van der Waals surface area contributed by atoms with Crippen LogP contribution in [0.2, 0.25) is 0 Å². The van der Waals surface area contributed by atoms with E-state index in [4.69, 9.17) is 0 Å². The van der Waals surface area contributed by atoms with Crippen LogP contribution in [-0.4, -0.2) is 28.0 Å². The standard InChI is InChI=1S/C14H19BrN2O/c1-4-7-16(12-5-6-12)14(18)13-8-11(15)9-17(13)10(2)3/h4,8-10,12H,1,5-7H2,2-3H3. The Balaban J connectivity index is 2.28. The molecule has 1 aliphatic rings. The molecule has 0 N–H and O–H groups in total. The third kappa shape index (κ3) is 2.69. The predicted molar refractivity (Wildman–Crippen MR) is 76.8 cm³/mol. The van der Waals surface area contributed by atoms with Crippen molar-refractivity contribution in [1.82, 2.24) is 9.47 Å². The van der Waals surface area contributed by atoms with Crippen molar-refractivity contribution in [2.75, 3.05) is 6.54 Å². The lowest BCUT2D eigenvalue weighted by Gasteiger charge is -2.22. The molecule has 1 heterocycles. The molecule has 0 saturated heterocycles. The SMILES string of the molecule is C=CCN(C(=O)c1cc(Br)cn1C(C)C)C1CC1. The van der Waals surface area contributed by atoms with Crippen molar-refractivity contribution in [1.29, 1.82) is 0 Å². The third-order valence-electron chi connectivity index (χ3n) is 3.16. The Morgan fingerprint density at radius 1 is 1.67 bits per heavy atom. The highest BCUT2D eigenvalue weighted by Crippen LogP contribution is 2.29. The summed E-state index contributed by atoms with van der Waals surface area (Å²) < 4.78 is 2.97. The van der Waals surface area contributed by atoms with E-state index < -0.39 is 0 Å². The van der Waals surface area contributed by atoms with E-state index in [1.54, 1.807) is 6.08 Å². The molecule has 0 radical (unpaired) electrons. The molecule has 0 unspecified atom stereocenters. The predicted octanol–water partition coefficient (Wildman–Crippen LogP) is 3.62. The molecule has 0 aliphatic heterocycles. The number of nitrogens with zero attached hydrogens (tertiary/aromatic N) is 2. The van der Waals surface area contributed by atoms with E-state index in [2.05, 4.69) is 36.4 Å². The maximum Gasteiger partial charge on any atom is 0.271 e. The first-order valence-electron chi connectivity index (χ1n) is 6.33. The normalized spacial score (nSPS) is 14.9. The maximum absolute atomic E-state index is 12.6. The molecule has 0 atom stereocenters. The van der Waals surface area contributed by atoms with Crippen molar-refractivity contribution in [3.8, 4) is 0 Å². The summed E-state index contributed by atoms with van der Waals surface area (Å²) in [7, 11) is 0. The second-order valence-electron chi connectivity index (χ2n) is 5.02. The molecule has 1 aromatic heterocycles. The monoisotopic (exact) mass is 310 g/mol. The Morgan fingerprint density at radius 2 is 2.33 bits per heavy atom. The average Bonchev–Trinajstić information content (AvgIpc) is 3.07. The number of amides is 1. The van der Waals surface area contributed by atoms with Gasteiger partial charge >= 0.3 is 0 Å². The number of rotatable bonds is 5. The summed E-state index contributed by atoms with van der Waals surface area (Å²) in [6.45, 7) is 8.53. The first kappa shape index (κ1) is 13.4. The Kier molecular flexibility index (Phi) is 3.95. The van der Waals surface area contributed by atoms with Crippen LogP contribution in [0.15, 0.2) is 29.4 Å². The molecule has 0 bridgehead atoms. The van der Waals surface area contributed by atoms with Gasteiger partial charge < -0.3 is 9.47 Å². The van der Waals surface area contributed by atoms with Crippen LogP contribution < -0.4 is 0 Å². The van der Waals surface area contributed by atoms with E-state index in [1.807, 2.05) is 21.7 Å². The van der Waals surface area contributed by atoms with Crippen LogP contribution in [0.1, 0.15) is 43.2 Å². The van der Waals surface area contributed by atoms with Gasteiger partial charge in [0.05, 0.1) is 0 Å². The minimum absolute atomic E-state index is 0.108. The molecule has 4 heteroatoms. The summed E-state index contributed by atoms with van der Waals surface area (Å²) in [5, 5.41) is 0. The minimum atomic E-state index is 0.108. The molecular weight excluding hydrogens is 292 g/mol. The molecule has 1 aliphatic carbocycles. The molecule has 2 rings (SSSR count). The van der Waals surface area contributed by atoms with E-state index in [9.17, 15) is 4.79 Å². The zero-order valence-electron chi connectivity index (χ0n) is 10.9. The second kappa shape index (κ2) is 5.31. The fraction of sp³-hybridized carbons (Fsp3) is 0.500. The maximum atomic E-state index is 12.6. The Hall–Kier alpha value is -1.03. The van der Waals surface area contributed by atoms with E-state index in [1.165, 1.54) is 0 Å². The van der Waals surface area contributed by atoms with Gasteiger partial charge in [-0.1, -0.05) is 6.08 Å². The van der Waals surface area contributed by atoms with Gasteiger partial charge in [0.1, 0.15) is 5.69 Å². The Morgan fingerprint density at radius 3 is 2.83 bits per heavy atom. The molecular formula is C14H19BrN2O. The van der Waals surface area contributed by atoms with Gasteiger partial charge in [0.2, 0.25) is 0 Å². The van der Waals surface area contributed by atoms with Crippen molar-refractivity contribution in [2.45, 2.75) is 38.8 Å². The summed E-state index contributed by atoms with van der Waals surface area (Å²) >= 11 is 3.45. The van der Waals surface area contributed by atoms with E-state index >= 15 is 0 Å². The second-order valence-corrected chi connectivity index (χ2v) is 5.94. The molecule has 1 aromatic rings. The van der Waals surface area contributed by atoms with Gasteiger partial charge in [0, 0.05) is 29.3 Å². The number of carbonyl (C=O) groups excluding carboxylic acids is 1. The zero-order chi connectivity index (χ0) is 13.3. The number of hydrogen-bond acceptors (Lipinski definition) is 1. The zero-order valence-corrected chi connectivity index (χ0v) is 12.5. The Labute approximate surface area is 117 Å². The van der Waals surface area contributed by atoms with Crippen molar-refractivity contribution < 1.29 is 4.79 Å². The molecule has 0 spiro atoms. The highest BCUT2D eigenvalue weighted by molar-refractivity contribution is 9.10. The lowest BCUT2D eigenvalue weighted by Crippen LogP contribution is -2.34. The number of carbonyl (C=O) groups is 1. The summed E-state index contributed by atoms with van der Waals surface area (Å²) in [5.74, 6) is 0.108. The van der Waals surface area contributed by atoms with Crippen molar-refractivity contribution in [2.24, 2.45) is 0 Å². The van der Waals surface area contributed by atoms with Gasteiger partial charge in [-0.25, -0.2) is 0 Å². The smallest absolute Gasteiger partial charge is 0.271 e. The molecule has 98 valence electrons. The van der Waals surface area contributed by atoms with Crippen LogP contribution in [-0.2, 0) is 0 Å². The van der Waals surface area contributed by atoms with Gasteiger partial charge in [-0.05, 0) is 48.7 Å². The summed E-state index contributed by atoms with van der Waals surface area (Å²) in [5.41, 5.74) is 0.755. The summed E-state index contributed by atoms with van der Waals surface area (Å²) in [6, 6.07) is 2.59. The molecule has 1 saturated carbocycles. The van der Waals surface area contributed by atoms with Crippen LogP contribution in [0.25, 0.3) is 0 Å². The van der Waals surface area contributed by atoms with Gasteiger partial charge in [-0.3, -0.25) is 4.79 Å². The van der Waals surface area contributed by atoms with Crippen LogP contribution in [0, 0.1) is 0 Å². The number of halogens is 1. The molecule has 1 fully saturated rings. The summed E-state index contributed by atoms with van der Waals surface area (Å²) in [6.07, 6.45) is 6.00. The van der Waals surface area contributed by atoms with Gasteiger partial charge in [0.25, 0.3) is 5.91 Å². The lowest BCUT2D eigenvalue weighted by molar-refractivity contribution is 0.0750. The minimum Gasteiger partial charge on any atom is -0.340 e. The average molecular weight is 311 g/mol. The molecule has 18 heavy (non-hydrogen) atoms. The highest BCUT2D eigenvalue weighted by atomic mass is 79.9. The highest BCUT2D eigenvalue weighted by Gasteiger charge is 2.33. The largest absolute Gasteiger partial charge is 0.340 e. The lowest BCUT2D eigenvalue weighted by atomic mass is 10.3. The first-order valence-corrected chi connectivity index (χ1v) is 7.13. The van der Waals surface area contributed by atoms with Gasteiger partial charge in [-0.2, -0.15) is 0 Å². The quantitative estimate of drug-likeness (QED) is 0.762. The van der Waals surface area contributed by atoms with Gasteiger partial charge in [0.15, 0.2) is 0 Å². The van der Waals surface area contributed by atoms with E-state index in [0.29, 0.717) is 12.6 Å².